The summed E-state index contributed by atoms with van der Waals surface area (Å²) in [5.74, 6) is 1.93. The van der Waals surface area contributed by atoms with Crippen LogP contribution in [-0.4, -0.2) is 62.6 Å². The fourth-order valence-corrected chi connectivity index (χ4v) is 4.14. The van der Waals surface area contributed by atoms with Crippen molar-refractivity contribution < 1.29 is 0 Å². The molecule has 128 valence electrons. The van der Waals surface area contributed by atoms with Crippen molar-refractivity contribution in [3.05, 3.63) is 0 Å². The minimum absolute atomic E-state index is 0.470. The maximum Gasteiger partial charge on any atom is 0.193 e. The van der Waals surface area contributed by atoms with E-state index in [1.807, 2.05) is 7.05 Å². The van der Waals surface area contributed by atoms with Crippen molar-refractivity contribution >= 4 is 5.96 Å². The Morgan fingerprint density at radius 3 is 2.64 bits per heavy atom. The summed E-state index contributed by atoms with van der Waals surface area (Å²) in [6.07, 6.45) is 7.90. The Labute approximate surface area is 137 Å². The van der Waals surface area contributed by atoms with Gasteiger partial charge in [-0.15, -0.1) is 0 Å². The van der Waals surface area contributed by atoms with E-state index in [-0.39, 0.29) is 0 Å². The van der Waals surface area contributed by atoms with E-state index in [2.05, 4.69) is 41.0 Å². The molecule has 2 heterocycles. The van der Waals surface area contributed by atoms with Crippen LogP contribution < -0.4 is 5.32 Å². The molecule has 4 heteroatoms. The van der Waals surface area contributed by atoms with Gasteiger partial charge >= 0.3 is 0 Å². The van der Waals surface area contributed by atoms with Gasteiger partial charge in [-0.2, -0.15) is 0 Å². The van der Waals surface area contributed by atoms with E-state index < -0.39 is 0 Å². The van der Waals surface area contributed by atoms with Gasteiger partial charge in [0.25, 0.3) is 0 Å². The molecule has 0 aromatic carbocycles. The molecular formula is C18H36N4. The average molecular weight is 309 g/mol. The predicted octanol–water partition coefficient (Wildman–Crippen LogP) is 2.81. The SMILES string of the molecule is CCCC1(C)CCCN(C(=NC)NCC2CCN(C)CC2)C1. The second kappa shape index (κ2) is 8.19. The third kappa shape index (κ3) is 4.87. The number of likely N-dealkylation sites (tertiary alicyclic amines) is 2. The monoisotopic (exact) mass is 308 g/mol. The number of hydrogen-bond donors (Lipinski definition) is 1. The van der Waals surface area contributed by atoms with E-state index in [1.165, 1.54) is 51.6 Å². The summed E-state index contributed by atoms with van der Waals surface area (Å²) in [5, 5.41) is 3.66. The zero-order chi connectivity index (χ0) is 16.0. The first kappa shape index (κ1) is 17.6. The summed E-state index contributed by atoms with van der Waals surface area (Å²) in [6.45, 7) is 10.6. The summed E-state index contributed by atoms with van der Waals surface area (Å²) >= 11 is 0. The summed E-state index contributed by atoms with van der Waals surface area (Å²) in [6, 6.07) is 0. The van der Waals surface area contributed by atoms with Gasteiger partial charge in [0.2, 0.25) is 0 Å². The van der Waals surface area contributed by atoms with E-state index in [0.717, 1.165) is 31.5 Å². The molecule has 1 N–H and O–H groups in total. The van der Waals surface area contributed by atoms with Crippen molar-refractivity contribution in [2.75, 3.05) is 46.8 Å². The third-order valence-corrected chi connectivity index (χ3v) is 5.53. The Hall–Kier alpha value is -0.770. The van der Waals surface area contributed by atoms with E-state index in [0.29, 0.717) is 5.41 Å². The van der Waals surface area contributed by atoms with Gasteiger partial charge in [0.15, 0.2) is 5.96 Å². The van der Waals surface area contributed by atoms with Crippen molar-refractivity contribution in [2.24, 2.45) is 16.3 Å². The van der Waals surface area contributed by atoms with Gasteiger partial charge in [-0.1, -0.05) is 20.3 Å². The minimum Gasteiger partial charge on any atom is -0.356 e. The molecule has 1 atom stereocenters. The van der Waals surface area contributed by atoms with Crippen LogP contribution in [0.25, 0.3) is 0 Å². The summed E-state index contributed by atoms with van der Waals surface area (Å²) in [4.78, 5) is 9.49. The molecule has 0 bridgehead atoms. The molecule has 0 aliphatic carbocycles. The van der Waals surface area contributed by atoms with Crippen LogP contribution in [0.15, 0.2) is 4.99 Å². The molecule has 0 radical (unpaired) electrons. The fourth-order valence-electron chi connectivity index (χ4n) is 4.14. The Morgan fingerprint density at radius 2 is 2.00 bits per heavy atom. The molecule has 2 aliphatic rings. The van der Waals surface area contributed by atoms with Gasteiger partial charge in [-0.05, 0) is 63.6 Å². The average Bonchev–Trinajstić information content (AvgIpc) is 2.50. The molecule has 0 amide bonds. The minimum atomic E-state index is 0.470. The summed E-state index contributed by atoms with van der Waals surface area (Å²) in [5.41, 5.74) is 0.470. The molecule has 0 aromatic rings. The molecule has 4 nitrogen and oxygen atoms in total. The van der Waals surface area contributed by atoms with Crippen molar-refractivity contribution in [2.45, 2.75) is 52.4 Å². The highest BCUT2D eigenvalue weighted by Crippen LogP contribution is 2.33. The highest BCUT2D eigenvalue weighted by Gasteiger charge is 2.31. The fraction of sp³-hybridized carbons (Fsp3) is 0.944. The number of piperidine rings is 2. The van der Waals surface area contributed by atoms with E-state index in [4.69, 9.17) is 0 Å². The lowest BCUT2D eigenvalue weighted by Crippen LogP contribution is -2.51. The smallest absolute Gasteiger partial charge is 0.193 e. The number of guanidine groups is 1. The standard InChI is InChI=1S/C18H36N4/c1-5-9-18(2)10-6-11-22(15-18)17(19-3)20-14-16-7-12-21(4)13-8-16/h16H,5-15H2,1-4H3,(H,19,20). The van der Waals surface area contributed by atoms with Crippen molar-refractivity contribution in [1.29, 1.82) is 0 Å². The lowest BCUT2D eigenvalue weighted by molar-refractivity contribution is 0.141. The molecule has 0 spiro atoms. The first-order chi connectivity index (χ1) is 10.6. The number of hydrogen-bond acceptors (Lipinski definition) is 2. The molecule has 2 saturated heterocycles. The van der Waals surface area contributed by atoms with Crippen molar-refractivity contribution in [3.63, 3.8) is 0 Å². The topological polar surface area (TPSA) is 30.9 Å². The lowest BCUT2D eigenvalue weighted by atomic mass is 9.78. The Morgan fingerprint density at radius 1 is 1.27 bits per heavy atom. The van der Waals surface area contributed by atoms with Gasteiger partial charge in [0, 0.05) is 26.7 Å². The van der Waals surface area contributed by atoms with Crippen LogP contribution in [0.3, 0.4) is 0 Å². The van der Waals surface area contributed by atoms with Crippen LogP contribution in [0.2, 0.25) is 0 Å². The van der Waals surface area contributed by atoms with Crippen LogP contribution in [0, 0.1) is 11.3 Å². The van der Waals surface area contributed by atoms with Crippen LogP contribution in [0.1, 0.15) is 52.4 Å². The zero-order valence-corrected chi connectivity index (χ0v) is 15.2. The molecule has 2 rings (SSSR count). The van der Waals surface area contributed by atoms with E-state index >= 15 is 0 Å². The van der Waals surface area contributed by atoms with Gasteiger partial charge in [-0.25, -0.2) is 0 Å². The van der Waals surface area contributed by atoms with Gasteiger partial charge in [0.1, 0.15) is 0 Å². The highest BCUT2D eigenvalue weighted by molar-refractivity contribution is 5.80. The summed E-state index contributed by atoms with van der Waals surface area (Å²) in [7, 11) is 4.16. The molecule has 22 heavy (non-hydrogen) atoms. The second-order valence-corrected chi connectivity index (χ2v) is 7.76. The van der Waals surface area contributed by atoms with Crippen LogP contribution in [-0.2, 0) is 0 Å². The number of nitrogens with one attached hydrogen (secondary N) is 1. The van der Waals surface area contributed by atoms with Crippen LogP contribution in [0.5, 0.6) is 0 Å². The van der Waals surface area contributed by atoms with Crippen molar-refractivity contribution in [3.8, 4) is 0 Å². The Kier molecular flexibility index (Phi) is 6.54. The molecule has 1 unspecified atom stereocenters. The van der Waals surface area contributed by atoms with E-state index in [9.17, 15) is 0 Å². The van der Waals surface area contributed by atoms with Crippen molar-refractivity contribution in [1.82, 2.24) is 15.1 Å². The highest BCUT2D eigenvalue weighted by atomic mass is 15.3. The zero-order valence-electron chi connectivity index (χ0n) is 15.2. The first-order valence-electron chi connectivity index (χ1n) is 9.20. The molecule has 2 fully saturated rings. The van der Waals surface area contributed by atoms with Gasteiger partial charge < -0.3 is 15.1 Å². The van der Waals surface area contributed by atoms with Crippen LogP contribution >= 0.6 is 0 Å². The Balaban J connectivity index is 1.83. The normalized spacial score (nSPS) is 28.9. The first-order valence-corrected chi connectivity index (χ1v) is 9.20. The number of nitrogens with zero attached hydrogens (tertiary/aromatic N) is 3. The maximum atomic E-state index is 4.56. The molecule has 2 aliphatic heterocycles. The largest absolute Gasteiger partial charge is 0.356 e. The van der Waals surface area contributed by atoms with Crippen LogP contribution in [0.4, 0.5) is 0 Å². The lowest BCUT2D eigenvalue weighted by Gasteiger charge is -2.42. The second-order valence-electron chi connectivity index (χ2n) is 7.76. The number of aliphatic imine (C=N–C) groups is 1. The quantitative estimate of drug-likeness (QED) is 0.640. The number of rotatable bonds is 4. The predicted molar refractivity (Wildman–Crippen MR) is 95.4 cm³/mol. The molecule has 0 aromatic heterocycles. The van der Waals surface area contributed by atoms with Gasteiger partial charge in [0.05, 0.1) is 0 Å². The maximum absolute atomic E-state index is 4.56. The third-order valence-electron chi connectivity index (χ3n) is 5.53. The molecule has 0 saturated carbocycles. The van der Waals surface area contributed by atoms with E-state index in [1.54, 1.807) is 0 Å². The summed E-state index contributed by atoms with van der Waals surface area (Å²) < 4.78 is 0. The van der Waals surface area contributed by atoms with Gasteiger partial charge in [-0.3, -0.25) is 4.99 Å². The molecular weight excluding hydrogens is 272 g/mol. The Bertz CT molecular complexity index is 356.